The number of hydrogen-bond acceptors (Lipinski definition) is 2. The van der Waals surface area contributed by atoms with Crippen LogP contribution in [0.4, 0.5) is 0 Å². The van der Waals surface area contributed by atoms with Crippen LogP contribution in [0.3, 0.4) is 0 Å². The van der Waals surface area contributed by atoms with E-state index in [0.29, 0.717) is 0 Å². The Morgan fingerprint density at radius 1 is 0.941 bits per heavy atom. The van der Waals surface area contributed by atoms with Gasteiger partial charge in [0.15, 0.2) is 5.78 Å². The van der Waals surface area contributed by atoms with E-state index in [-0.39, 0.29) is 5.78 Å². The highest BCUT2D eigenvalue weighted by Gasteiger charge is 2.01. The van der Waals surface area contributed by atoms with Crippen LogP contribution < -0.4 is 0 Å². The lowest BCUT2D eigenvalue weighted by molar-refractivity contribution is 0.101. The normalized spacial score (nSPS) is 10.2. The predicted molar refractivity (Wildman–Crippen MR) is 74.6 cm³/mol. The molecule has 0 fully saturated rings. The first-order chi connectivity index (χ1) is 8.20. The van der Waals surface area contributed by atoms with Crippen LogP contribution in [0.5, 0.6) is 0 Å². The summed E-state index contributed by atoms with van der Waals surface area (Å²) < 4.78 is 0. The monoisotopic (exact) mass is 242 g/mol. The number of carbonyl (C=O) groups is 1. The number of ketones is 1. The highest BCUT2D eigenvalue weighted by atomic mass is 32.1. The fourth-order valence-corrected chi connectivity index (χ4v) is 1.91. The van der Waals surface area contributed by atoms with Crippen LogP contribution in [0.25, 0.3) is 11.1 Å². The number of thiol groups is 1. The van der Waals surface area contributed by atoms with Crippen molar-refractivity contribution in [1.29, 1.82) is 0 Å². The van der Waals surface area contributed by atoms with Gasteiger partial charge in [0.1, 0.15) is 0 Å². The number of Topliss-reactive ketones (excluding diaryl/α,β-unsaturated/α-hetero) is 1. The molecule has 0 heterocycles. The summed E-state index contributed by atoms with van der Waals surface area (Å²) in [5.74, 6) is 0.853. The summed E-state index contributed by atoms with van der Waals surface area (Å²) in [6.45, 7) is 1.58. The van der Waals surface area contributed by atoms with Gasteiger partial charge in [-0.1, -0.05) is 48.5 Å². The van der Waals surface area contributed by atoms with Crippen molar-refractivity contribution in [3.8, 4) is 11.1 Å². The molecule has 2 heteroatoms. The van der Waals surface area contributed by atoms with Crippen LogP contribution in [0.15, 0.2) is 48.5 Å². The molecule has 0 saturated carbocycles. The van der Waals surface area contributed by atoms with E-state index in [4.69, 9.17) is 0 Å². The molecule has 0 unspecified atom stereocenters. The second-order valence-electron chi connectivity index (χ2n) is 3.99. The Morgan fingerprint density at radius 2 is 1.41 bits per heavy atom. The molecule has 86 valence electrons. The fraction of sp³-hybridized carbons (Fsp3) is 0.133. The molecule has 0 bridgehead atoms. The van der Waals surface area contributed by atoms with Crippen LogP contribution in [0, 0.1) is 0 Å². The standard InChI is InChI=1S/C15H14OS/c1-11(16)13-6-8-15(9-7-13)14-4-2-12(10-17)3-5-14/h2-9,17H,10H2,1H3. The third kappa shape index (κ3) is 2.77. The number of hydrogen-bond donors (Lipinski definition) is 1. The largest absolute Gasteiger partial charge is 0.295 e. The highest BCUT2D eigenvalue weighted by molar-refractivity contribution is 7.79. The molecule has 2 aromatic carbocycles. The average molecular weight is 242 g/mol. The van der Waals surface area contributed by atoms with Crippen molar-refractivity contribution in [3.05, 3.63) is 59.7 Å². The maximum absolute atomic E-state index is 11.2. The SMILES string of the molecule is CC(=O)c1ccc(-c2ccc(CS)cc2)cc1. The van der Waals surface area contributed by atoms with Gasteiger partial charge >= 0.3 is 0 Å². The Bertz CT molecular complexity index is 512. The van der Waals surface area contributed by atoms with E-state index in [1.54, 1.807) is 6.92 Å². The second kappa shape index (κ2) is 5.19. The molecular formula is C15H14OS. The summed E-state index contributed by atoms with van der Waals surface area (Å²) in [5.41, 5.74) is 4.24. The molecule has 0 spiro atoms. The summed E-state index contributed by atoms with van der Waals surface area (Å²) in [4.78, 5) is 11.2. The molecule has 0 amide bonds. The van der Waals surface area contributed by atoms with Gasteiger partial charge in [-0.2, -0.15) is 12.6 Å². The van der Waals surface area contributed by atoms with E-state index in [1.165, 1.54) is 5.56 Å². The lowest BCUT2D eigenvalue weighted by atomic mass is 10.0. The lowest BCUT2D eigenvalue weighted by Crippen LogP contribution is -1.90. The Labute approximate surface area is 107 Å². The van der Waals surface area contributed by atoms with E-state index < -0.39 is 0 Å². The number of carbonyl (C=O) groups excluding carboxylic acids is 1. The van der Waals surface area contributed by atoms with Crippen LogP contribution in [-0.4, -0.2) is 5.78 Å². The third-order valence-corrected chi connectivity index (χ3v) is 3.13. The van der Waals surface area contributed by atoms with Gasteiger partial charge in [0, 0.05) is 11.3 Å². The number of rotatable bonds is 3. The van der Waals surface area contributed by atoms with Crippen molar-refractivity contribution >= 4 is 18.4 Å². The lowest BCUT2D eigenvalue weighted by Gasteiger charge is -2.04. The highest BCUT2D eigenvalue weighted by Crippen LogP contribution is 2.21. The van der Waals surface area contributed by atoms with Crippen molar-refractivity contribution in [2.24, 2.45) is 0 Å². The average Bonchev–Trinajstić information content (AvgIpc) is 2.39. The fourth-order valence-electron chi connectivity index (χ4n) is 1.70. The minimum Gasteiger partial charge on any atom is -0.295 e. The van der Waals surface area contributed by atoms with Gasteiger partial charge < -0.3 is 0 Å². The van der Waals surface area contributed by atoms with E-state index in [2.05, 4.69) is 36.9 Å². The van der Waals surface area contributed by atoms with Crippen LogP contribution >= 0.6 is 12.6 Å². The van der Waals surface area contributed by atoms with Gasteiger partial charge in [-0.3, -0.25) is 4.79 Å². The Kier molecular flexibility index (Phi) is 3.64. The Balaban J connectivity index is 2.29. The minimum atomic E-state index is 0.0990. The van der Waals surface area contributed by atoms with E-state index in [9.17, 15) is 4.79 Å². The molecule has 0 atom stereocenters. The van der Waals surface area contributed by atoms with Crippen molar-refractivity contribution in [2.45, 2.75) is 12.7 Å². The van der Waals surface area contributed by atoms with Gasteiger partial charge in [-0.15, -0.1) is 0 Å². The topological polar surface area (TPSA) is 17.1 Å². The predicted octanol–water partition coefficient (Wildman–Crippen LogP) is 3.99. The first-order valence-electron chi connectivity index (χ1n) is 5.52. The molecule has 0 radical (unpaired) electrons. The number of benzene rings is 2. The minimum absolute atomic E-state index is 0.0990. The summed E-state index contributed by atoms with van der Waals surface area (Å²) in [5, 5.41) is 0. The quantitative estimate of drug-likeness (QED) is 0.636. The van der Waals surface area contributed by atoms with Gasteiger partial charge in [0.05, 0.1) is 0 Å². The molecule has 0 aromatic heterocycles. The van der Waals surface area contributed by atoms with Gasteiger partial charge in [0.25, 0.3) is 0 Å². The van der Waals surface area contributed by atoms with Gasteiger partial charge in [0.2, 0.25) is 0 Å². The molecular weight excluding hydrogens is 228 g/mol. The summed E-state index contributed by atoms with van der Waals surface area (Å²) in [6.07, 6.45) is 0. The van der Waals surface area contributed by atoms with Crippen LogP contribution in [0.2, 0.25) is 0 Å². The molecule has 0 aliphatic rings. The zero-order valence-corrected chi connectivity index (χ0v) is 10.6. The maximum Gasteiger partial charge on any atom is 0.159 e. The first kappa shape index (κ1) is 11.9. The van der Waals surface area contributed by atoms with Crippen molar-refractivity contribution in [3.63, 3.8) is 0 Å². The van der Waals surface area contributed by atoms with Gasteiger partial charge in [-0.05, 0) is 23.6 Å². The molecule has 0 N–H and O–H groups in total. The van der Waals surface area contributed by atoms with Crippen LogP contribution in [0.1, 0.15) is 22.8 Å². The molecule has 1 nitrogen and oxygen atoms in total. The Morgan fingerprint density at radius 3 is 1.82 bits per heavy atom. The van der Waals surface area contributed by atoms with Crippen molar-refractivity contribution in [2.75, 3.05) is 0 Å². The maximum atomic E-state index is 11.2. The summed E-state index contributed by atoms with van der Waals surface area (Å²) in [7, 11) is 0. The molecule has 2 aromatic rings. The summed E-state index contributed by atoms with van der Waals surface area (Å²) >= 11 is 4.23. The van der Waals surface area contributed by atoms with E-state index in [0.717, 1.165) is 22.4 Å². The van der Waals surface area contributed by atoms with Crippen molar-refractivity contribution < 1.29 is 4.79 Å². The van der Waals surface area contributed by atoms with E-state index >= 15 is 0 Å². The van der Waals surface area contributed by atoms with Crippen molar-refractivity contribution in [1.82, 2.24) is 0 Å². The molecule has 0 aliphatic heterocycles. The third-order valence-electron chi connectivity index (χ3n) is 2.76. The second-order valence-corrected chi connectivity index (χ2v) is 4.30. The smallest absolute Gasteiger partial charge is 0.159 e. The van der Waals surface area contributed by atoms with Crippen LogP contribution in [-0.2, 0) is 5.75 Å². The molecule has 2 rings (SSSR count). The zero-order valence-electron chi connectivity index (χ0n) is 9.68. The first-order valence-corrected chi connectivity index (χ1v) is 6.15. The molecule has 0 aliphatic carbocycles. The van der Waals surface area contributed by atoms with Gasteiger partial charge in [-0.25, -0.2) is 0 Å². The Hall–Kier alpha value is -1.54. The zero-order chi connectivity index (χ0) is 12.3. The molecule has 17 heavy (non-hydrogen) atoms. The molecule has 0 saturated heterocycles. The summed E-state index contributed by atoms with van der Waals surface area (Å²) in [6, 6.07) is 16.0. The van der Waals surface area contributed by atoms with E-state index in [1.807, 2.05) is 24.3 Å².